The van der Waals surface area contributed by atoms with Crippen LogP contribution in [0.15, 0.2) is 168 Å². The summed E-state index contributed by atoms with van der Waals surface area (Å²) in [7, 11) is 2.12. The molecule has 11 aromatic rings. The third kappa shape index (κ3) is 4.55. The fourth-order valence-electron chi connectivity index (χ4n) is 8.77. The Kier molecular flexibility index (Phi) is 6.68. The van der Waals surface area contributed by atoms with Crippen molar-refractivity contribution in [2.45, 2.75) is 6.92 Å². The van der Waals surface area contributed by atoms with Crippen LogP contribution in [0, 0.1) is 13.5 Å². The number of fused-ring (bicyclic) bond motifs is 9. The SMILES string of the molecule is [C-]#[N+]c1cc2oc3c(-c4cc5c(c[n+]4C)c4ccccc4n5-c4ccc5c(c4)c4ccccc4n5-c4ccccc4)c(C)ccc3c2cc1-c1ccccc1. The second kappa shape index (κ2) is 11.8. The van der Waals surface area contributed by atoms with E-state index in [9.17, 15) is 0 Å². The van der Waals surface area contributed by atoms with E-state index in [4.69, 9.17) is 11.0 Å². The third-order valence-electron chi connectivity index (χ3n) is 11.3. The van der Waals surface area contributed by atoms with Gasteiger partial charge in [-0.1, -0.05) is 103 Å². The minimum absolute atomic E-state index is 0.580. The highest BCUT2D eigenvalue weighted by molar-refractivity contribution is 6.14. The molecule has 0 atom stereocenters. The van der Waals surface area contributed by atoms with E-state index in [2.05, 4.69) is 172 Å². The number of para-hydroxylation sites is 3. The van der Waals surface area contributed by atoms with Crippen molar-refractivity contribution in [2.24, 2.45) is 7.05 Å². The molecule has 0 N–H and O–H groups in total. The predicted octanol–water partition coefficient (Wildman–Crippen LogP) is 12.8. The van der Waals surface area contributed by atoms with Crippen LogP contribution in [0.4, 0.5) is 5.69 Å². The molecular formula is C50H33N4O+. The Morgan fingerprint density at radius 3 is 1.95 bits per heavy atom. The Hall–Kier alpha value is -7.42. The molecule has 5 nitrogen and oxygen atoms in total. The number of hydrogen-bond donors (Lipinski definition) is 0. The minimum Gasteiger partial charge on any atom is -0.456 e. The van der Waals surface area contributed by atoms with Gasteiger partial charge in [0.25, 0.3) is 0 Å². The number of nitrogens with zero attached hydrogens (tertiary/aromatic N) is 4. The van der Waals surface area contributed by atoms with Gasteiger partial charge in [0.15, 0.2) is 11.9 Å². The maximum absolute atomic E-state index is 8.00. The average Bonchev–Trinajstić information content (AvgIpc) is 3.87. The van der Waals surface area contributed by atoms with Gasteiger partial charge in [-0.05, 0) is 72.1 Å². The van der Waals surface area contributed by atoms with Crippen LogP contribution in [0.3, 0.4) is 0 Å². The van der Waals surface area contributed by atoms with Crippen molar-refractivity contribution in [2.75, 3.05) is 0 Å². The largest absolute Gasteiger partial charge is 0.456 e. The van der Waals surface area contributed by atoms with E-state index in [-0.39, 0.29) is 0 Å². The monoisotopic (exact) mass is 705 g/mol. The molecule has 0 aliphatic rings. The van der Waals surface area contributed by atoms with E-state index in [0.717, 1.165) is 66.7 Å². The van der Waals surface area contributed by atoms with Gasteiger partial charge < -0.3 is 13.6 Å². The molecule has 0 unspecified atom stereocenters. The third-order valence-corrected chi connectivity index (χ3v) is 11.3. The summed E-state index contributed by atoms with van der Waals surface area (Å²) >= 11 is 0. The number of furan rings is 1. The minimum atomic E-state index is 0.580. The molecule has 0 saturated heterocycles. The van der Waals surface area contributed by atoms with Gasteiger partial charge in [-0.3, -0.25) is 0 Å². The molecule has 0 saturated carbocycles. The normalized spacial score (nSPS) is 11.8. The standard InChI is InChI=1S/C50H33N4O/c1-31-22-24-37-40-27-38(32-14-6-4-7-15-32)42(51-2)28-48(40)55-50(37)49(31)47-29-46-41(30-52(47)3)36-19-11-13-21-44(36)54(46)34-23-25-45-39(26-34)35-18-10-12-20-43(35)53(45)33-16-8-5-9-17-33/h4-30H,1,3H3/q+1. The summed E-state index contributed by atoms with van der Waals surface area (Å²) in [6, 6.07) is 55.7. The summed E-state index contributed by atoms with van der Waals surface area (Å²) in [5, 5.41) is 6.84. The van der Waals surface area contributed by atoms with Gasteiger partial charge in [0, 0.05) is 44.4 Å². The molecule has 0 bridgehead atoms. The van der Waals surface area contributed by atoms with Crippen molar-refractivity contribution in [1.82, 2.24) is 9.13 Å². The van der Waals surface area contributed by atoms with Gasteiger partial charge in [0.1, 0.15) is 18.2 Å². The van der Waals surface area contributed by atoms with Crippen molar-refractivity contribution >= 4 is 71.2 Å². The molecular weight excluding hydrogens is 673 g/mol. The van der Waals surface area contributed by atoms with Gasteiger partial charge in [-0.15, -0.1) is 0 Å². The number of benzene rings is 7. The van der Waals surface area contributed by atoms with Crippen molar-refractivity contribution in [3.8, 4) is 33.8 Å². The van der Waals surface area contributed by atoms with Crippen LogP contribution < -0.4 is 4.57 Å². The van der Waals surface area contributed by atoms with Gasteiger partial charge in [-0.25, -0.2) is 9.41 Å². The molecule has 0 fully saturated rings. The van der Waals surface area contributed by atoms with Crippen molar-refractivity contribution in [3.63, 3.8) is 0 Å². The van der Waals surface area contributed by atoms with E-state index in [1.807, 2.05) is 24.3 Å². The maximum atomic E-state index is 8.00. The average molecular weight is 706 g/mol. The summed E-state index contributed by atoms with van der Waals surface area (Å²) in [4.78, 5) is 3.91. The van der Waals surface area contributed by atoms with Crippen LogP contribution in [-0.4, -0.2) is 9.13 Å². The van der Waals surface area contributed by atoms with Crippen molar-refractivity contribution < 1.29 is 8.98 Å². The van der Waals surface area contributed by atoms with Crippen LogP contribution in [0.1, 0.15) is 5.56 Å². The molecule has 11 rings (SSSR count). The first-order valence-electron chi connectivity index (χ1n) is 18.5. The van der Waals surface area contributed by atoms with E-state index in [1.165, 1.54) is 32.6 Å². The zero-order valence-electron chi connectivity index (χ0n) is 30.3. The van der Waals surface area contributed by atoms with Crippen molar-refractivity contribution in [3.05, 3.63) is 181 Å². The molecule has 0 aliphatic heterocycles. The van der Waals surface area contributed by atoms with Crippen LogP contribution in [-0.2, 0) is 7.05 Å². The number of hydrogen-bond acceptors (Lipinski definition) is 1. The highest BCUT2D eigenvalue weighted by atomic mass is 16.3. The molecule has 0 spiro atoms. The molecule has 4 heterocycles. The van der Waals surface area contributed by atoms with Crippen molar-refractivity contribution in [1.29, 1.82) is 0 Å². The Balaban J connectivity index is 1.17. The Labute approximate surface area is 317 Å². The van der Waals surface area contributed by atoms with Crippen LogP contribution in [0.5, 0.6) is 0 Å². The second-order valence-corrected chi connectivity index (χ2v) is 14.4. The zero-order chi connectivity index (χ0) is 36.8. The molecule has 7 aromatic carbocycles. The summed E-state index contributed by atoms with van der Waals surface area (Å²) < 4.78 is 13.7. The Morgan fingerprint density at radius 2 is 1.20 bits per heavy atom. The zero-order valence-corrected chi connectivity index (χ0v) is 30.3. The van der Waals surface area contributed by atoms with Crippen LogP contribution in [0.25, 0.3) is 104 Å². The van der Waals surface area contributed by atoms with Gasteiger partial charge in [0.05, 0.1) is 39.6 Å². The summed E-state index contributed by atoms with van der Waals surface area (Å²) in [6.45, 7) is 10.1. The highest BCUT2D eigenvalue weighted by Crippen LogP contribution is 2.43. The first-order valence-corrected chi connectivity index (χ1v) is 18.5. The van der Waals surface area contributed by atoms with E-state index < -0.39 is 0 Å². The van der Waals surface area contributed by atoms with Crippen LogP contribution >= 0.6 is 0 Å². The molecule has 0 aliphatic carbocycles. The molecule has 4 aromatic heterocycles. The van der Waals surface area contributed by atoms with E-state index in [0.29, 0.717) is 11.3 Å². The van der Waals surface area contributed by atoms with Gasteiger partial charge in [-0.2, -0.15) is 0 Å². The van der Waals surface area contributed by atoms with E-state index in [1.54, 1.807) is 0 Å². The smallest absolute Gasteiger partial charge is 0.218 e. The lowest BCUT2D eigenvalue weighted by atomic mass is 9.98. The lowest BCUT2D eigenvalue weighted by Gasteiger charge is -2.11. The van der Waals surface area contributed by atoms with Crippen LogP contribution in [0.2, 0.25) is 0 Å². The number of rotatable bonds is 4. The summed E-state index contributed by atoms with van der Waals surface area (Å²) in [5.41, 5.74) is 14.1. The quantitative estimate of drug-likeness (QED) is 0.132. The molecule has 0 amide bonds. The highest BCUT2D eigenvalue weighted by Gasteiger charge is 2.25. The Morgan fingerprint density at radius 1 is 0.545 bits per heavy atom. The topological polar surface area (TPSA) is 31.2 Å². The fourth-order valence-corrected chi connectivity index (χ4v) is 8.77. The predicted molar refractivity (Wildman–Crippen MR) is 225 cm³/mol. The van der Waals surface area contributed by atoms with E-state index >= 15 is 0 Å². The number of pyridine rings is 1. The first-order chi connectivity index (χ1) is 27.1. The fraction of sp³-hybridized carbons (Fsp3) is 0.0400. The lowest BCUT2D eigenvalue weighted by molar-refractivity contribution is -0.659. The van der Waals surface area contributed by atoms with Gasteiger partial charge in [0.2, 0.25) is 5.69 Å². The molecule has 5 heteroatoms. The number of aryl methyl sites for hydroxylation is 2. The Bertz CT molecular complexity index is 3400. The number of aromatic nitrogens is 3. The second-order valence-electron chi connectivity index (χ2n) is 14.4. The summed E-state index contributed by atoms with van der Waals surface area (Å²) in [5.74, 6) is 0. The van der Waals surface area contributed by atoms with Gasteiger partial charge >= 0.3 is 0 Å². The molecule has 0 radical (unpaired) electrons. The first kappa shape index (κ1) is 31.1. The molecule has 55 heavy (non-hydrogen) atoms. The maximum Gasteiger partial charge on any atom is 0.218 e. The lowest BCUT2D eigenvalue weighted by Crippen LogP contribution is -2.30. The summed E-state index contributed by atoms with van der Waals surface area (Å²) in [6.07, 6.45) is 2.26. The molecule has 258 valence electrons.